The summed E-state index contributed by atoms with van der Waals surface area (Å²) in [6.45, 7) is 0. The molecule has 0 aliphatic carbocycles. The van der Waals surface area contributed by atoms with Crippen molar-refractivity contribution < 1.29 is 4.21 Å². The highest BCUT2D eigenvalue weighted by Gasteiger charge is 2.03. The van der Waals surface area contributed by atoms with Crippen LogP contribution in [0.2, 0.25) is 5.02 Å². The van der Waals surface area contributed by atoms with Crippen molar-refractivity contribution in [1.82, 2.24) is 0 Å². The number of halogens is 1. The van der Waals surface area contributed by atoms with E-state index in [0.29, 0.717) is 10.8 Å². The van der Waals surface area contributed by atoms with Crippen LogP contribution in [-0.2, 0) is 16.6 Å². The molecule has 0 aromatic heterocycles. The van der Waals surface area contributed by atoms with Crippen molar-refractivity contribution in [3.8, 4) is 6.07 Å². The molecule has 1 atom stereocenters. The van der Waals surface area contributed by atoms with Crippen molar-refractivity contribution in [2.24, 2.45) is 0 Å². The minimum absolute atomic E-state index is 0.0607. The lowest BCUT2D eigenvalue weighted by Gasteiger charge is -2.00. The summed E-state index contributed by atoms with van der Waals surface area (Å²) in [6.07, 6.45) is 0. The molecule has 0 radical (unpaired) electrons. The highest BCUT2D eigenvalue weighted by Crippen LogP contribution is 2.16. The zero-order valence-electron chi connectivity index (χ0n) is 6.87. The molecule has 0 saturated carbocycles. The second kappa shape index (κ2) is 5.00. The van der Waals surface area contributed by atoms with Crippen molar-refractivity contribution in [3.63, 3.8) is 0 Å². The van der Waals surface area contributed by atoms with E-state index in [-0.39, 0.29) is 5.75 Å². The van der Waals surface area contributed by atoms with Gasteiger partial charge in [0.2, 0.25) is 0 Å². The number of nitrogens with zero attached hydrogens (tertiary/aromatic N) is 1. The van der Waals surface area contributed by atoms with E-state index in [9.17, 15) is 4.21 Å². The average Bonchev–Trinajstić information content (AvgIpc) is 2.09. The van der Waals surface area contributed by atoms with Crippen molar-refractivity contribution in [2.45, 2.75) is 5.75 Å². The van der Waals surface area contributed by atoms with Crippen LogP contribution >= 0.6 is 11.6 Å². The highest BCUT2D eigenvalue weighted by atomic mass is 35.5. The topological polar surface area (TPSA) is 40.9 Å². The molecule has 4 heteroatoms. The predicted molar refractivity (Wildman–Crippen MR) is 53.8 cm³/mol. The summed E-state index contributed by atoms with van der Waals surface area (Å²) in [5, 5.41) is 8.91. The monoisotopic (exact) mass is 213 g/mol. The smallest absolute Gasteiger partial charge is 0.111 e. The molecule has 0 fully saturated rings. The molecule has 1 rings (SSSR count). The molecule has 1 unspecified atom stereocenters. The van der Waals surface area contributed by atoms with E-state index in [1.807, 2.05) is 24.3 Å². The second-order valence-electron chi connectivity index (χ2n) is 2.48. The van der Waals surface area contributed by atoms with Crippen LogP contribution in [0.25, 0.3) is 0 Å². The predicted octanol–water partition coefficient (Wildman–Crippen LogP) is 2.11. The third-order valence-corrected chi connectivity index (χ3v) is 2.95. The van der Waals surface area contributed by atoms with E-state index in [4.69, 9.17) is 16.9 Å². The summed E-state index contributed by atoms with van der Waals surface area (Å²) in [6, 6.07) is 9.09. The van der Waals surface area contributed by atoms with Gasteiger partial charge in [-0.3, -0.25) is 4.21 Å². The van der Waals surface area contributed by atoms with Crippen LogP contribution in [0, 0.1) is 11.3 Å². The van der Waals surface area contributed by atoms with Gasteiger partial charge in [-0.25, -0.2) is 0 Å². The van der Waals surface area contributed by atoms with Gasteiger partial charge < -0.3 is 0 Å². The SMILES string of the molecule is N#CCS(=O)Cc1ccccc1Cl. The van der Waals surface area contributed by atoms with Crippen molar-refractivity contribution in [2.75, 3.05) is 5.75 Å². The van der Waals surface area contributed by atoms with Crippen molar-refractivity contribution in [3.05, 3.63) is 34.9 Å². The summed E-state index contributed by atoms with van der Waals surface area (Å²) < 4.78 is 11.2. The van der Waals surface area contributed by atoms with E-state index in [1.165, 1.54) is 0 Å². The molecule has 13 heavy (non-hydrogen) atoms. The summed E-state index contributed by atoms with van der Waals surface area (Å²) in [5.41, 5.74) is 0.831. The molecule has 0 N–H and O–H groups in total. The van der Waals surface area contributed by atoms with Crippen LogP contribution in [0.1, 0.15) is 5.56 Å². The van der Waals surface area contributed by atoms with E-state index >= 15 is 0 Å². The van der Waals surface area contributed by atoms with Crippen LogP contribution in [-0.4, -0.2) is 9.96 Å². The Bertz CT molecular complexity index is 359. The first kappa shape index (κ1) is 10.2. The molecule has 1 aromatic rings. The first-order valence-electron chi connectivity index (χ1n) is 3.69. The number of hydrogen-bond acceptors (Lipinski definition) is 2. The number of hydrogen-bond donors (Lipinski definition) is 0. The Hall–Kier alpha value is -0.850. The second-order valence-corrected chi connectivity index (χ2v) is 4.34. The standard InChI is InChI=1S/C9H8ClNOS/c10-9-4-2-1-3-8(9)7-13(12)6-5-11/h1-4H,6-7H2. The summed E-state index contributed by atoms with van der Waals surface area (Å²) in [7, 11) is -1.13. The van der Waals surface area contributed by atoms with Gasteiger partial charge in [-0.2, -0.15) is 5.26 Å². The summed E-state index contributed by atoms with van der Waals surface area (Å²) in [4.78, 5) is 0. The van der Waals surface area contributed by atoms with Crippen molar-refractivity contribution in [1.29, 1.82) is 5.26 Å². The van der Waals surface area contributed by atoms with Crippen LogP contribution in [0.15, 0.2) is 24.3 Å². The molecule has 0 aliphatic rings. The van der Waals surface area contributed by atoms with Crippen LogP contribution in [0.4, 0.5) is 0 Å². The first-order valence-corrected chi connectivity index (χ1v) is 5.56. The Morgan fingerprint density at radius 3 is 2.77 bits per heavy atom. The Labute approximate surface area is 84.6 Å². The van der Waals surface area contributed by atoms with Crippen LogP contribution in [0.3, 0.4) is 0 Å². The Morgan fingerprint density at radius 1 is 1.46 bits per heavy atom. The molecule has 1 aromatic carbocycles. The van der Waals surface area contributed by atoms with Crippen LogP contribution < -0.4 is 0 Å². The van der Waals surface area contributed by atoms with Gasteiger partial charge in [0.05, 0.1) is 11.8 Å². The Morgan fingerprint density at radius 2 is 2.15 bits per heavy atom. The highest BCUT2D eigenvalue weighted by molar-refractivity contribution is 7.84. The maximum absolute atomic E-state index is 11.2. The van der Waals surface area contributed by atoms with Gasteiger partial charge in [-0.05, 0) is 11.6 Å². The quantitative estimate of drug-likeness (QED) is 0.772. The van der Waals surface area contributed by atoms with Gasteiger partial charge in [0, 0.05) is 15.8 Å². The number of nitriles is 1. The largest absolute Gasteiger partial charge is 0.258 e. The lowest BCUT2D eigenvalue weighted by Crippen LogP contribution is -1.99. The van der Waals surface area contributed by atoms with Gasteiger partial charge in [-0.15, -0.1) is 0 Å². The molecular formula is C9H8ClNOS. The fraction of sp³-hybridized carbons (Fsp3) is 0.222. The maximum Gasteiger partial charge on any atom is 0.111 e. The van der Waals surface area contributed by atoms with Gasteiger partial charge in [0.15, 0.2) is 0 Å². The minimum Gasteiger partial charge on any atom is -0.258 e. The molecule has 0 amide bonds. The average molecular weight is 214 g/mol. The maximum atomic E-state index is 11.2. The van der Waals surface area contributed by atoms with Gasteiger partial charge in [0.1, 0.15) is 5.75 Å². The molecule has 0 bridgehead atoms. The molecule has 2 nitrogen and oxygen atoms in total. The third kappa shape index (κ3) is 3.17. The Balaban J connectivity index is 2.70. The molecule has 68 valence electrons. The zero-order valence-corrected chi connectivity index (χ0v) is 8.44. The van der Waals surface area contributed by atoms with Gasteiger partial charge >= 0.3 is 0 Å². The van der Waals surface area contributed by atoms with Gasteiger partial charge in [0.25, 0.3) is 0 Å². The van der Waals surface area contributed by atoms with Crippen molar-refractivity contribution >= 4 is 22.4 Å². The first-order chi connectivity index (χ1) is 6.24. The summed E-state index contributed by atoms with van der Waals surface area (Å²) in [5.74, 6) is 0.415. The van der Waals surface area contributed by atoms with E-state index in [1.54, 1.807) is 6.07 Å². The molecule has 0 saturated heterocycles. The molecular weight excluding hydrogens is 206 g/mol. The molecule has 0 aliphatic heterocycles. The van der Waals surface area contributed by atoms with Gasteiger partial charge in [-0.1, -0.05) is 29.8 Å². The minimum atomic E-state index is -1.13. The fourth-order valence-corrected chi connectivity index (χ4v) is 2.04. The fourth-order valence-electron chi connectivity index (χ4n) is 0.912. The van der Waals surface area contributed by atoms with Crippen LogP contribution in [0.5, 0.6) is 0 Å². The normalized spacial score (nSPS) is 12.0. The molecule has 0 heterocycles. The number of rotatable bonds is 3. The molecule has 0 spiro atoms. The number of benzene rings is 1. The summed E-state index contributed by atoms with van der Waals surface area (Å²) >= 11 is 5.85. The lowest BCUT2D eigenvalue weighted by molar-refractivity contribution is 0.685. The van der Waals surface area contributed by atoms with E-state index in [0.717, 1.165) is 5.56 Å². The van der Waals surface area contributed by atoms with E-state index in [2.05, 4.69) is 0 Å². The Kier molecular flexibility index (Phi) is 3.94. The van der Waals surface area contributed by atoms with E-state index < -0.39 is 10.8 Å². The zero-order chi connectivity index (χ0) is 9.68. The lowest BCUT2D eigenvalue weighted by atomic mass is 10.2. The third-order valence-electron chi connectivity index (χ3n) is 1.50.